The average molecular weight is 492 g/mol. The molecule has 1 aliphatic heterocycles. The molecule has 0 spiro atoms. The lowest BCUT2D eigenvalue weighted by Gasteiger charge is -2.23. The fourth-order valence-corrected chi connectivity index (χ4v) is 5.40. The van der Waals surface area contributed by atoms with Crippen molar-refractivity contribution in [1.29, 1.82) is 0 Å². The zero-order chi connectivity index (χ0) is 25.0. The van der Waals surface area contributed by atoms with Crippen LogP contribution in [0.1, 0.15) is 35.3 Å². The molecule has 2 aliphatic rings. The van der Waals surface area contributed by atoms with Gasteiger partial charge in [-0.1, -0.05) is 0 Å². The molecule has 9 nitrogen and oxygen atoms in total. The van der Waals surface area contributed by atoms with Crippen LogP contribution in [0.15, 0.2) is 36.8 Å². The number of imidazole rings is 1. The molecule has 4 heterocycles. The topological polar surface area (TPSA) is 88.7 Å². The molecular weight excluding hydrogens is 461 g/mol. The maximum Gasteiger partial charge on any atom is 0.257 e. The third-order valence-electron chi connectivity index (χ3n) is 7.21. The molecule has 1 atom stereocenters. The van der Waals surface area contributed by atoms with Gasteiger partial charge in [0.05, 0.1) is 23.6 Å². The standard InChI is InChI=1S/C26H30FN7O2/c1-16-11-34-13-18(10-21(27)24(34)28-16)29-25(35)19-4-5-22(20-14-32(2)31-23(19)20)33-9-6-17(12-33)30-26(7-8-26)15-36-3/h4-5,10-11,13-14,17,30H,6-9,12,15H2,1-3H3,(H,29,35)/t17-/m0/s1. The summed E-state index contributed by atoms with van der Waals surface area (Å²) in [6, 6.07) is 5.49. The van der Waals surface area contributed by atoms with Gasteiger partial charge in [0, 0.05) is 74.6 Å². The molecule has 2 N–H and O–H groups in total. The molecule has 1 amide bonds. The van der Waals surface area contributed by atoms with Crippen LogP contribution in [0.3, 0.4) is 0 Å². The van der Waals surface area contributed by atoms with Gasteiger partial charge >= 0.3 is 0 Å². The van der Waals surface area contributed by atoms with Crippen molar-refractivity contribution in [3.05, 3.63) is 53.9 Å². The van der Waals surface area contributed by atoms with Crippen LogP contribution in [0.4, 0.5) is 15.8 Å². The van der Waals surface area contributed by atoms with Crippen LogP contribution in [0.25, 0.3) is 16.6 Å². The van der Waals surface area contributed by atoms with Crippen LogP contribution in [0.2, 0.25) is 0 Å². The Labute approximate surface area is 208 Å². The Bertz CT molecular complexity index is 1470. The van der Waals surface area contributed by atoms with E-state index in [-0.39, 0.29) is 17.1 Å². The third-order valence-corrected chi connectivity index (χ3v) is 7.21. The van der Waals surface area contributed by atoms with Crippen molar-refractivity contribution < 1.29 is 13.9 Å². The molecule has 3 aromatic heterocycles. The summed E-state index contributed by atoms with van der Waals surface area (Å²) >= 11 is 0. The van der Waals surface area contributed by atoms with Crippen molar-refractivity contribution in [3.63, 3.8) is 0 Å². The molecule has 1 saturated heterocycles. The lowest BCUT2D eigenvalue weighted by molar-refractivity contribution is 0.102. The van der Waals surface area contributed by atoms with Crippen molar-refractivity contribution in [2.24, 2.45) is 7.05 Å². The molecule has 0 radical (unpaired) electrons. The number of rotatable bonds is 7. The van der Waals surface area contributed by atoms with E-state index in [1.54, 1.807) is 35.5 Å². The normalized spacial score (nSPS) is 18.9. The van der Waals surface area contributed by atoms with E-state index in [0.717, 1.165) is 50.0 Å². The number of nitrogens with zero attached hydrogens (tertiary/aromatic N) is 5. The highest BCUT2D eigenvalue weighted by Gasteiger charge is 2.45. The Morgan fingerprint density at radius 2 is 2.11 bits per heavy atom. The fraction of sp³-hybridized carbons (Fsp3) is 0.423. The molecule has 6 rings (SSSR count). The van der Waals surface area contributed by atoms with Gasteiger partial charge in [0.1, 0.15) is 5.52 Å². The lowest BCUT2D eigenvalue weighted by atomic mass is 10.1. The van der Waals surface area contributed by atoms with Gasteiger partial charge in [-0.3, -0.25) is 9.48 Å². The number of benzene rings is 1. The number of aryl methyl sites for hydroxylation is 2. The molecule has 2 fully saturated rings. The number of anilines is 2. The number of carbonyl (C=O) groups excluding carboxylic acids is 1. The maximum absolute atomic E-state index is 14.5. The summed E-state index contributed by atoms with van der Waals surface area (Å²) in [6.07, 6.45) is 8.70. The molecule has 1 aliphatic carbocycles. The number of nitrogens with one attached hydrogen (secondary N) is 2. The molecule has 0 unspecified atom stereocenters. The fourth-order valence-electron chi connectivity index (χ4n) is 5.40. The van der Waals surface area contributed by atoms with Crippen LogP contribution in [-0.4, -0.2) is 63.5 Å². The Morgan fingerprint density at radius 1 is 1.28 bits per heavy atom. The molecule has 10 heteroatoms. The Kier molecular flexibility index (Phi) is 5.45. The van der Waals surface area contributed by atoms with Gasteiger partial charge in [-0.15, -0.1) is 0 Å². The molecule has 188 valence electrons. The quantitative estimate of drug-likeness (QED) is 0.413. The zero-order valence-corrected chi connectivity index (χ0v) is 20.7. The first-order valence-corrected chi connectivity index (χ1v) is 12.3. The zero-order valence-electron chi connectivity index (χ0n) is 20.7. The smallest absolute Gasteiger partial charge is 0.257 e. The number of hydrogen-bond donors (Lipinski definition) is 2. The van der Waals surface area contributed by atoms with Gasteiger partial charge in [0.25, 0.3) is 5.91 Å². The van der Waals surface area contributed by atoms with Gasteiger partial charge in [0.15, 0.2) is 11.5 Å². The van der Waals surface area contributed by atoms with Crippen molar-refractivity contribution in [1.82, 2.24) is 24.5 Å². The van der Waals surface area contributed by atoms with Crippen LogP contribution >= 0.6 is 0 Å². The molecule has 0 bridgehead atoms. The number of amides is 1. The molecule has 36 heavy (non-hydrogen) atoms. The largest absolute Gasteiger partial charge is 0.383 e. The van der Waals surface area contributed by atoms with Gasteiger partial charge in [-0.25, -0.2) is 9.37 Å². The second-order valence-corrected chi connectivity index (χ2v) is 10.1. The Hall–Kier alpha value is -3.50. The first-order valence-electron chi connectivity index (χ1n) is 12.3. The molecular formula is C26H30FN7O2. The summed E-state index contributed by atoms with van der Waals surface area (Å²) in [5, 5.41) is 12.2. The van der Waals surface area contributed by atoms with Crippen molar-refractivity contribution in [2.45, 2.75) is 37.8 Å². The summed E-state index contributed by atoms with van der Waals surface area (Å²) in [5.41, 5.74) is 3.57. The minimum atomic E-state index is -0.491. The number of halogens is 1. The Balaban J connectivity index is 1.25. The first kappa shape index (κ1) is 22.9. The predicted molar refractivity (Wildman–Crippen MR) is 136 cm³/mol. The number of ether oxygens (including phenoxy) is 1. The van der Waals surface area contributed by atoms with Gasteiger partial charge in [-0.2, -0.15) is 5.10 Å². The van der Waals surface area contributed by atoms with E-state index in [2.05, 4.69) is 25.6 Å². The number of aromatic nitrogens is 4. The lowest BCUT2D eigenvalue weighted by Crippen LogP contribution is -2.44. The van der Waals surface area contributed by atoms with Gasteiger partial charge in [-0.05, 0) is 38.3 Å². The monoisotopic (exact) mass is 491 g/mol. The van der Waals surface area contributed by atoms with E-state index < -0.39 is 5.82 Å². The van der Waals surface area contributed by atoms with E-state index in [0.29, 0.717) is 28.5 Å². The molecule has 1 saturated carbocycles. The van der Waals surface area contributed by atoms with E-state index in [1.807, 2.05) is 25.4 Å². The highest BCUT2D eigenvalue weighted by molar-refractivity contribution is 6.13. The van der Waals surface area contributed by atoms with E-state index in [9.17, 15) is 9.18 Å². The first-order chi connectivity index (χ1) is 17.3. The average Bonchev–Trinajstić information content (AvgIpc) is 3.14. The summed E-state index contributed by atoms with van der Waals surface area (Å²) in [6.45, 7) is 4.37. The summed E-state index contributed by atoms with van der Waals surface area (Å²) in [5.74, 6) is -0.827. The number of carbonyl (C=O) groups is 1. The summed E-state index contributed by atoms with van der Waals surface area (Å²) < 4.78 is 23.2. The van der Waals surface area contributed by atoms with Crippen molar-refractivity contribution in [2.75, 3.05) is 37.0 Å². The van der Waals surface area contributed by atoms with E-state index >= 15 is 0 Å². The highest BCUT2D eigenvalue weighted by Crippen LogP contribution is 2.38. The van der Waals surface area contributed by atoms with Crippen LogP contribution in [0, 0.1) is 12.7 Å². The molecule has 1 aromatic carbocycles. The van der Waals surface area contributed by atoms with E-state index in [4.69, 9.17) is 4.74 Å². The number of pyridine rings is 1. The minimum Gasteiger partial charge on any atom is -0.383 e. The van der Waals surface area contributed by atoms with E-state index in [1.165, 1.54) is 6.07 Å². The second-order valence-electron chi connectivity index (χ2n) is 10.1. The van der Waals surface area contributed by atoms with Crippen LogP contribution < -0.4 is 15.5 Å². The second kappa shape index (κ2) is 8.56. The number of hydrogen-bond acceptors (Lipinski definition) is 6. The number of methoxy groups -OCH3 is 1. The summed E-state index contributed by atoms with van der Waals surface area (Å²) in [7, 11) is 3.61. The maximum atomic E-state index is 14.5. The third kappa shape index (κ3) is 4.10. The summed E-state index contributed by atoms with van der Waals surface area (Å²) in [4.78, 5) is 19.8. The van der Waals surface area contributed by atoms with Crippen molar-refractivity contribution >= 4 is 33.8 Å². The Morgan fingerprint density at radius 3 is 2.89 bits per heavy atom. The van der Waals surface area contributed by atoms with Gasteiger partial charge < -0.3 is 24.7 Å². The predicted octanol–water partition coefficient (Wildman–Crippen LogP) is 3.27. The highest BCUT2D eigenvalue weighted by atomic mass is 19.1. The SMILES string of the molecule is COCC1(N[C@H]2CCN(c3ccc(C(=O)Nc4cc(F)c5nc(C)cn5c4)c4nn(C)cc34)C2)CC1. The molecule has 4 aromatic rings. The van der Waals surface area contributed by atoms with Crippen LogP contribution in [-0.2, 0) is 11.8 Å². The van der Waals surface area contributed by atoms with Crippen molar-refractivity contribution in [3.8, 4) is 0 Å². The van der Waals surface area contributed by atoms with Gasteiger partial charge in [0.2, 0.25) is 0 Å². The minimum absolute atomic E-state index is 0.138. The number of fused-ring (bicyclic) bond motifs is 2. The van der Waals surface area contributed by atoms with Crippen LogP contribution in [0.5, 0.6) is 0 Å².